The van der Waals surface area contributed by atoms with Crippen LogP contribution in [0.4, 0.5) is 0 Å². The van der Waals surface area contributed by atoms with Crippen molar-refractivity contribution in [1.29, 1.82) is 0 Å². The molecule has 0 spiro atoms. The van der Waals surface area contributed by atoms with Gasteiger partial charge in [-0.15, -0.1) is 21.5 Å². The van der Waals surface area contributed by atoms with Gasteiger partial charge < -0.3 is 9.32 Å². The quantitative estimate of drug-likeness (QED) is 0.699. The number of carbonyl (C=O) groups excluding carboxylic acids is 1. The minimum Gasteiger partial charge on any atom is -0.417 e. The Morgan fingerprint density at radius 1 is 1.35 bits per heavy atom. The molecule has 3 aromatic rings. The fourth-order valence-corrected chi connectivity index (χ4v) is 3.97. The van der Waals surface area contributed by atoms with Gasteiger partial charge in [-0.3, -0.25) is 9.78 Å². The number of likely N-dealkylation sites (tertiary alicyclic amines) is 1. The first-order valence-corrected chi connectivity index (χ1v) is 9.62. The Balaban J connectivity index is 1.60. The molecule has 1 amide bonds. The van der Waals surface area contributed by atoms with Gasteiger partial charge in [0.25, 0.3) is 11.8 Å². The molecular weight excluding hydrogens is 350 g/mol. The molecule has 0 aliphatic carbocycles. The summed E-state index contributed by atoms with van der Waals surface area (Å²) in [4.78, 5) is 24.3. The third-order valence-corrected chi connectivity index (χ3v) is 5.60. The van der Waals surface area contributed by atoms with Gasteiger partial charge in [0.1, 0.15) is 11.7 Å². The van der Waals surface area contributed by atoms with Gasteiger partial charge in [-0.05, 0) is 31.7 Å². The third kappa shape index (κ3) is 3.24. The monoisotopic (exact) mass is 369 g/mol. The van der Waals surface area contributed by atoms with Gasteiger partial charge in [-0.2, -0.15) is 0 Å². The van der Waals surface area contributed by atoms with E-state index in [0.717, 1.165) is 31.2 Å². The maximum atomic E-state index is 13.0. The highest BCUT2D eigenvalue weighted by molar-refractivity contribution is 7.10. The van der Waals surface area contributed by atoms with E-state index < -0.39 is 0 Å². The molecule has 1 fully saturated rings. The van der Waals surface area contributed by atoms with Crippen molar-refractivity contribution in [2.75, 3.05) is 6.54 Å². The zero-order valence-corrected chi connectivity index (χ0v) is 15.3. The van der Waals surface area contributed by atoms with E-state index in [2.05, 4.69) is 27.1 Å². The standard InChI is InChI=1S/C18H19N5O2S/c1-2-13-9-12(11-26-13)18(24)23-8-4-3-5-15(23)17-22-21-16(25-17)14-10-19-6-7-20-14/h6-7,9-11,15H,2-5,8H2,1H3. The van der Waals surface area contributed by atoms with Crippen LogP contribution in [0.5, 0.6) is 0 Å². The van der Waals surface area contributed by atoms with Crippen LogP contribution >= 0.6 is 11.3 Å². The Morgan fingerprint density at radius 3 is 3.04 bits per heavy atom. The summed E-state index contributed by atoms with van der Waals surface area (Å²) in [6, 6.07) is 1.79. The third-order valence-electron chi connectivity index (χ3n) is 4.52. The summed E-state index contributed by atoms with van der Waals surface area (Å²) in [5.74, 6) is 0.824. The first kappa shape index (κ1) is 16.8. The maximum Gasteiger partial charge on any atom is 0.267 e. The van der Waals surface area contributed by atoms with Crippen LogP contribution in [0.1, 0.15) is 53.4 Å². The van der Waals surface area contributed by atoms with Crippen LogP contribution in [0, 0.1) is 0 Å². The van der Waals surface area contributed by atoms with Crippen molar-refractivity contribution < 1.29 is 9.21 Å². The van der Waals surface area contributed by atoms with Gasteiger partial charge in [-0.25, -0.2) is 4.98 Å². The number of hydrogen-bond acceptors (Lipinski definition) is 7. The van der Waals surface area contributed by atoms with Gasteiger partial charge in [0.2, 0.25) is 5.89 Å². The van der Waals surface area contributed by atoms with E-state index in [1.54, 1.807) is 29.9 Å². The lowest BCUT2D eigenvalue weighted by molar-refractivity contribution is 0.0573. The molecule has 4 heterocycles. The smallest absolute Gasteiger partial charge is 0.267 e. The van der Waals surface area contributed by atoms with E-state index in [4.69, 9.17) is 4.42 Å². The lowest BCUT2D eigenvalue weighted by Gasteiger charge is -2.33. The number of carbonyl (C=O) groups is 1. The summed E-state index contributed by atoms with van der Waals surface area (Å²) < 4.78 is 5.84. The number of nitrogens with zero attached hydrogens (tertiary/aromatic N) is 5. The molecule has 1 unspecified atom stereocenters. The van der Waals surface area contributed by atoms with Crippen molar-refractivity contribution in [2.45, 2.75) is 38.6 Å². The van der Waals surface area contributed by atoms with E-state index in [1.807, 2.05) is 16.3 Å². The Labute approximate surface area is 155 Å². The molecule has 1 aliphatic heterocycles. The van der Waals surface area contributed by atoms with Gasteiger partial charge in [0.15, 0.2) is 0 Å². The molecule has 1 saturated heterocycles. The molecule has 8 heteroatoms. The number of aryl methyl sites for hydroxylation is 1. The van der Waals surface area contributed by atoms with E-state index in [1.165, 1.54) is 4.88 Å². The zero-order valence-electron chi connectivity index (χ0n) is 14.5. The van der Waals surface area contributed by atoms with Crippen molar-refractivity contribution in [3.05, 3.63) is 46.4 Å². The summed E-state index contributed by atoms with van der Waals surface area (Å²) in [6.07, 6.45) is 8.52. The van der Waals surface area contributed by atoms with Crippen molar-refractivity contribution >= 4 is 17.2 Å². The SMILES string of the molecule is CCc1cc(C(=O)N2CCCCC2c2nnc(-c3cnccn3)o2)cs1. The predicted octanol–water partition coefficient (Wildman–Crippen LogP) is 3.52. The zero-order chi connectivity index (χ0) is 17.9. The Hall–Kier alpha value is -2.61. The second-order valence-corrected chi connectivity index (χ2v) is 7.20. The van der Waals surface area contributed by atoms with E-state index >= 15 is 0 Å². The van der Waals surface area contributed by atoms with Crippen LogP contribution in [0.25, 0.3) is 11.6 Å². The van der Waals surface area contributed by atoms with E-state index in [-0.39, 0.29) is 11.9 Å². The van der Waals surface area contributed by atoms with Crippen molar-refractivity contribution in [1.82, 2.24) is 25.1 Å². The largest absolute Gasteiger partial charge is 0.417 e. The molecular formula is C18H19N5O2S. The molecule has 26 heavy (non-hydrogen) atoms. The highest BCUT2D eigenvalue weighted by Gasteiger charge is 2.33. The lowest BCUT2D eigenvalue weighted by atomic mass is 10.0. The number of rotatable bonds is 4. The highest BCUT2D eigenvalue weighted by Crippen LogP contribution is 2.33. The number of thiophene rings is 1. The summed E-state index contributed by atoms with van der Waals surface area (Å²) in [6.45, 7) is 2.79. The van der Waals surface area contributed by atoms with Crippen molar-refractivity contribution in [3.63, 3.8) is 0 Å². The molecule has 1 aliphatic rings. The summed E-state index contributed by atoms with van der Waals surface area (Å²) in [5, 5.41) is 10.2. The summed E-state index contributed by atoms with van der Waals surface area (Å²) in [7, 11) is 0. The number of hydrogen-bond donors (Lipinski definition) is 0. The fraction of sp³-hybridized carbons (Fsp3) is 0.389. The van der Waals surface area contributed by atoms with Crippen LogP contribution in [-0.4, -0.2) is 37.5 Å². The second kappa shape index (κ2) is 7.33. The van der Waals surface area contributed by atoms with Gasteiger partial charge in [0.05, 0.1) is 11.8 Å². The van der Waals surface area contributed by atoms with Crippen LogP contribution < -0.4 is 0 Å². The topological polar surface area (TPSA) is 85.0 Å². The minimum atomic E-state index is -0.195. The molecule has 0 bridgehead atoms. The first-order valence-electron chi connectivity index (χ1n) is 8.74. The molecule has 0 N–H and O–H groups in total. The molecule has 0 aromatic carbocycles. The van der Waals surface area contributed by atoms with Crippen LogP contribution in [0.15, 0.2) is 34.5 Å². The Bertz CT molecular complexity index is 892. The Morgan fingerprint density at radius 2 is 2.27 bits per heavy atom. The van der Waals surface area contributed by atoms with Crippen LogP contribution in [0.3, 0.4) is 0 Å². The first-order chi connectivity index (χ1) is 12.8. The molecule has 134 valence electrons. The van der Waals surface area contributed by atoms with Crippen LogP contribution in [-0.2, 0) is 6.42 Å². The molecule has 1 atom stereocenters. The number of piperidine rings is 1. The maximum absolute atomic E-state index is 13.0. The van der Waals surface area contributed by atoms with E-state index in [9.17, 15) is 4.79 Å². The molecule has 4 rings (SSSR count). The molecule has 7 nitrogen and oxygen atoms in total. The lowest BCUT2D eigenvalue weighted by Crippen LogP contribution is -2.38. The molecule has 0 radical (unpaired) electrons. The van der Waals surface area contributed by atoms with Crippen LogP contribution in [0.2, 0.25) is 0 Å². The average Bonchev–Trinajstić information content (AvgIpc) is 3.38. The average molecular weight is 369 g/mol. The minimum absolute atomic E-state index is 0.0323. The molecule has 3 aromatic heterocycles. The number of aromatic nitrogens is 4. The summed E-state index contributed by atoms with van der Waals surface area (Å²) in [5.41, 5.74) is 1.28. The van der Waals surface area contributed by atoms with Crippen molar-refractivity contribution in [3.8, 4) is 11.6 Å². The highest BCUT2D eigenvalue weighted by atomic mass is 32.1. The fourth-order valence-electron chi connectivity index (χ4n) is 3.16. The van der Waals surface area contributed by atoms with E-state index in [0.29, 0.717) is 24.0 Å². The second-order valence-electron chi connectivity index (χ2n) is 6.20. The Kier molecular flexibility index (Phi) is 4.75. The normalized spacial score (nSPS) is 17.4. The molecule has 0 saturated carbocycles. The van der Waals surface area contributed by atoms with Gasteiger partial charge in [0, 0.05) is 29.2 Å². The van der Waals surface area contributed by atoms with Crippen molar-refractivity contribution in [2.24, 2.45) is 0 Å². The summed E-state index contributed by atoms with van der Waals surface area (Å²) >= 11 is 1.63. The van der Waals surface area contributed by atoms with Gasteiger partial charge >= 0.3 is 0 Å². The number of amides is 1. The van der Waals surface area contributed by atoms with Gasteiger partial charge in [-0.1, -0.05) is 6.92 Å². The predicted molar refractivity (Wildman–Crippen MR) is 96.6 cm³/mol.